The van der Waals surface area contributed by atoms with Crippen LogP contribution in [0.5, 0.6) is 0 Å². The van der Waals surface area contributed by atoms with E-state index >= 15 is 0 Å². The maximum atomic E-state index is 11.4. The molecule has 0 unspecified atom stereocenters. The van der Waals surface area contributed by atoms with E-state index in [9.17, 15) is 4.79 Å². The van der Waals surface area contributed by atoms with E-state index < -0.39 is 6.09 Å². The highest BCUT2D eigenvalue weighted by atomic mass is 35.5. The number of rotatable bonds is 2. The summed E-state index contributed by atoms with van der Waals surface area (Å²) in [4.78, 5) is 11.4. The molecule has 0 fully saturated rings. The van der Waals surface area contributed by atoms with Crippen LogP contribution in [-0.4, -0.2) is 12.2 Å². The monoisotopic (exact) mass is 261 g/mol. The Kier molecular flexibility index (Phi) is 4.44. The number of carbonyl (C=O) groups is 1. The minimum Gasteiger partial charge on any atom is -0.447 e. The quantitative estimate of drug-likeness (QED) is 0.864. The molecule has 3 nitrogen and oxygen atoms in total. The van der Waals surface area contributed by atoms with Gasteiger partial charge in [0.1, 0.15) is 0 Å². The molecule has 1 rings (SSSR count). The molecule has 1 aromatic carbocycles. The molecule has 0 atom stereocenters. The second kappa shape index (κ2) is 5.41. The smallest absolute Gasteiger partial charge is 0.411 e. The van der Waals surface area contributed by atoms with Gasteiger partial charge in [-0.15, -0.1) is 0 Å². The van der Waals surface area contributed by atoms with Crippen LogP contribution in [0.2, 0.25) is 10.0 Å². The van der Waals surface area contributed by atoms with E-state index in [1.54, 1.807) is 26.0 Å². The molecule has 0 aliphatic carbocycles. The minimum absolute atomic E-state index is 0.175. The average Bonchev–Trinajstić information content (AvgIpc) is 2.09. The molecule has 1 aromatic rings. The number of anilines is 1. The zero-order valence-corrected chi connectivity index (χ0v) is 10.8. The lowest BCUT2D eigenvalue weighted by atomic mass is 10.2. The highest BCUT2D eigenvalue weighted by molar-refractivity contribution is 6.36. The van der Waals surface area contributed by atoms with Gasteiger partial charge >= 0.3 is 6.09 Å². The number of carbonyl (C=O) groups excluding carboxylic acids is 1. The second-order valence-corrected chi connectivity index (χ2v) is 4.50. The van der Waals surface area contributed by atoms with Crippen LogP contribution in [0.4, 0.5) is 10.5 Å². The topological polar surface area (TPSA) is 38.3 Å². The van der Waals surface area contributed by atoms with Crippen molar-refractivity contribution in [2.75, 3.05) is 5.32 Å². The molecule has 0 saturated heterocycles. The van der Waals surface area contributed by atoms with Crippen molar-refractivity contribution in [2.24, 2.45) is 0 Å². The highest BCUT2D eigenvalue weighted by Gasteiger charge is 2.11. The number of aryl methyl sites for hydroxylation is 1. The molecule has 0 aliphatic rings. The Morgan fingerprint density at radius 2 is 2.00 bits per heavy atom. The summed E-state index contributed by atoms with van der Waals surface area (Å²) in [5.41, 5.74) is 1.31. The Bertz CT molecular complexity index is 382. The van der Waals surface area contributed by atoms with Crippen LogP contribution >= 0.6 is 23.2 Å². The third kappa shape index (κ3) is 3.58. The summed E-state index contributed by atoms with van der Waals surface area (Å²) in [5, 5.41) is 3.51. The molecule has 1 amide bonds. The largest absolute Gasteiger partial charge is 0.447 e. The van der Waals surface area contributed by atoms with Crippen molar-refractivity contribution in [3.63, 3.8) is 0 Å². The zero-order chi connectivity index (χ0) is 12.3. The Balaban J connectivity index is 2.85. The third-order valence-electron chi connectivity index (χ3n) is 1.82. The Morgan fingerprint density at radius 3 is 2.50 bits per heavy atom. The van der Waals surface area contributed by atoms with Crippen molar-refractivity contribution >= 4 is 35.0 Å². The molecule has 0 aliphatic heterocycles. The normalized spacial score (nSPS) is 10.4. The van der Waals surface area contributed by atoms with E-state index in [4.69, 9.17) is 27.9 Å². The van der Waals surface area contributed by atoms with Crippen LogP contribution in [0.1, 0.15) is 19.4 Å². The van der Waals surface area contributed by atoms with E-state index in [1.165, 1.54) is 0 Å². The van der Waals surface area contributed by atoms with Crippen molar-refractivity contribution in [2.45, 2.75) is 26.9 Å². The van der Waals surface area contributed by atoms with Crippen molar-refractivity contribution in [1.82, 2.24) is 0 Å². The fourth-order valence-electron chi connectivity index (χ4n) is 1.21. The molecule has 0 bridgehead atoms. The molecule has 1 N–H and O–H groups in total. The molecule has 0 spiro atoms. The predicted octanol–water partition coefficient (Wildman–Crippen LogP) is 4.26. The molecule has 0 radical (unpaired) electrons. The fourth-order valence-corrected chi connectivity index (χ4v) is 1.85. The fraction of sp³-hybridized carbons (Fsp3) is 0.364. The molecular formula is C11H13Cl2NO2. The summed E-state index contributed by atoms with van der Waals surface area (Å²) in [6.07, 6.45) is -0.700. The lowest BCUT2D eigenvalue weighted by Crippen LogP contribution is -2.18. The second-order valence-electron chi connectivity index (χ2n) is 3.66. The maximum Gasteiger partial charge on any atom is 0.411 e. The van der Waals surface area contributed by atoms with Crippen LogP contribution < -0.4 is 5.32 Å². The summed E-state index contributed by atoms with van der Waals surface area (Å²) in [6.45, 7) is 5.36. The van der Waals surface area contributed by atoms with E-state index in [0.29, 0.717) is 15.7 Å². The molecule has 16 heavy (non-hydrogen) atoms. The summed E-state index contributed by atoms with van der Waals surface area (Å²) >= 11 is 11.8. The standard InChI is InChI=1S/C11H13Cl2NO2/c1-6(2)16-11(15)14-10-7(3)4-8(12)5-9(10)13/h4-6H,1-3H3,(H,14,15). The van der Waals surface area contributed by atoms with Gasteiger partial charge in [0, 0.05) is 5.02 Å². The zero-order valence-electron chi connectivity index (χ0n) is 9.30. The van der Waals surface area contributed by atoms with Crippen LogP contribution in [0.15, 0.2) is 12.1 Å². The van der Waals surface area contributed by atoms with Crippen LogP contribution in [0, 0.1) is 6.92 Å². The SMILES string of the molecule is Cc1cc(Cl)cc(Cl)c1NC(=O)OC(C)C. The lowest BCUT2D eigenvalue weighted by Gasteiger charge is -2.12. The number of benzene rings is 1. The van der Waals surface area contributed by atoms with Gasteiger partial charge < -0.3 is 4.74 Å². The van der Waals surface area contributed by atoms with E-state index in [2.05, 4.69) is 5.32 Å². The Hall–Kier alpha value is -0.930. The molecule has 0 aromatic heterocycles. The average molecular weight is 262 g/mol. The van der Waals surface area contributed by atoms with Gasteiger partial charge in [0.05, 0.1) is 16.8 Å². The molecule has 0 heterocycles. The van der Waals surface area contributed by atoms with Crippen molar-refractivity contribution < 1.29 is 9.53 Å². The summed E-state index contributed by atoms with van der Waals surface area (Å²) in [5.74, 6) is 0. The first-order valence-electron chi connectivity index (χ1n) is 4.83. The number of ether oxygens (including phenoxy) is 1. The van der Waals surface area contributed by atoms with E-state index in [-0.39, 0.29) is 6.10 Å². The van der Waals surface area contributed by atoms with Gasteiger partial charge in [0.2, 0.25) is 0 Å². The van der Waals surface area contributed by atoms with E-state index in [1.807, 2.05) is 6.92 Å². The minimum atomic E-state index is -0.526. The van der Waals surface area contributed by atoms with Gasteiger partial charge in [-0.25, -0.2) is 4.79 Å². The van der Waals surface area contributed by atoms with Crippen LogP contribution in [0.3, 0.4) is 0 Å². The van der Waals surface area contributed by atoms with Crippen LogP contribution in [0.25, 0.3) is 0 Å². The number of nitrogens with one attached hydrogen (secondary N) is 1. The van der Waals surface area contributed by atoms with Gasteiger partial charge in [-0.05, 0) is 38.5 Å². The first-order chi connectivity index (χ1) is 7.40. The predicted molar refractivity (Wildman–Crippen MR) is 66.4 cm³/mol. The number of halogens is 2. The molecule has 5 heteroatoms. The van der Waals surface area contributed by atoms with Crippen LogP contribution in [-0.2, 0) is 4.74 Å². The van der Waals surface area contributed by atoms with Gasteiger partial charge in [-0.3, -0.25) is 5.32 Å². The third-order valence-corrected chi connectivity index (χ3v) is 2.34. The van der Waals surface area contributed by atoms with Gasteiger partial charge in [0.25, 0.3) is 0 Å². The highest BCUT2D eigenvalue weighted by Crippen LogP contribution is 2.29. The summed E-state index contributed by atoms with van der Waals surface area (Å²) in [6, 6.07) is 3.29. The maximum absolute atomic E-state index is 11.4. The van der Waals surface area contributed by atoms with Gasteiger partial charge in [-0.1, -0.05) is 23.2 Å². The van der Waals surface area contributed by atoms with Crippen molar-refractivity contribution in [3.05, 3.63) is 27.7 Å². The van der Waals surface area contributed by atoms with Gasteiger partial charge in [-0.2, -0.15) is 0 Å². The Labute approximate surface area is 105 Å². The summed E-state index contributed by atoms with van der Waals surface area (Å²) < 4.78 is 4.95. The first-order valence-corrected chi connectivity index (χ1v) is 5.59. The lowest BCUT2D eigenvalue weighted by molar-refractivity contribution is 0.130. The molecule has 0 saturated carbocycles. The van der Waals surface area contributed by atoms with E-state index in [0.717, 1.165) is 5.56 Å². The molecule has 88 valence electrons. The Morgan fingerprint density at radius 1 is 1.38 bits per heavy atom. The van der Waals surface area contributed by atoms with Crippen molar-refractivity contribution in [3.8, 4) is 0 Å². The van der Waals surface area contributed by atoms with Gasteiger partial charge in [0.15, 0.2) is 0 Å². The molecular weight excluding hydrogens is 249 g/mol. The summed E-state index contributed by atoms with van der Waals surface area (Å²) in [7, 11) is 0. The number of hydrogen-bond donors (Lipinski definition) is 1. The van der Waals surface area contributed by atoms with Crippen molar-refractivity contribution in [1.29, 1.82) is 0 Å². The first kappa shape index (κ1) is 13.1. The number of hydrogen-bond acceptors (Lipinski definition) is 2. The number of amides is 1.